The number of para-hydroxylation sites is 1. The first-order chi connectivity index (χ1) is 9.31. The molecular weight excluding hydrogens is 234 g/mol. The first-order valence-electron chi connectivity index (χ1n) is 7.10. The van der Waals surface area contributed by atoms with Crippen LogP contribution in [-0.4, -0.2) is 16.3 Å². The van der Waals surface area contributed by atoms with E-state index >= 15 is 0 Å². The topological polar surface area (TPSA) is 29.9 Å². The van der Waals surface area contributed by atoms with Crippen molar-refractivity contribution in [3.8, 4) is 5.69 Å². The van der Waals surface area contributed by atoms with Crippen molar-refractivity contribution in [2.24, 2.45) is 5.92 Å². The van der Waals surface area contributed by atoms with Crippen molar-refractivity contribution in [2.75, 3.05) is 6.54 Å². The van der Waals surface area contributed by atoms with Crippen molar-refractivity contribution in [1.29, 1.82) is 0 Å². The summed E-state index contributed by atoms with van der Waals surface area (Å²) in [6.07, 6.45) is 6.34. The van der Waals surface area contributed by atoms with Crippen LogP contribution in [0.5, 0.6) is 0 Å². The second-order valence-corrected chi connectivity index (χ2v) is 5.10. The Kier molecular flexibility index (Phi) is 5.16. The van der Waals surface area contributed by atoms with E-state index in [1.165, 1.54) is 18.4 Å². The molecule has 0 fully saturated rings. The molecule has 3 heteroatoms. The Hall–Kier alpha value is -1.61. The van der Waals surface area contributed by atoms with Gasteiger partial charge in [-0.2, -0.15) is 5.10 Å². The minimum absolute atomic E-state index is 0.738. The molecule has 1 N–H and O–H groups in total. The van der Waals surface area contributed by atoms with Crippen molar-refractivity contribution in [3.05, 3.63) is 48.3 Å². The van der Waals surface area contributed by atoms with Gasteiger partial charge in [-0.25, -0.2) is 4.68 Å². The Morgan fingerprint density at radius 2 is 2.11 bits per heavy atom. The van der Waals surface area contributed by atoms with Crippen LogP contribution in [0.15, 0.2) is 42.7 Å². The molecule has 0 aliphatic rings. The molecule has 1 unspecified atom stereocenters. The number of benzene rings is 1. The zero-order valence-corrected chi connectivity index (χ0v) is 11.8. The van der Waals surface area contributed by atoms with E-state index in [0.29, 0.717) is 0 Å². The summed E-state index contributed by atoms with van der Waals surface area (Å²) in [7, 11) is 0. The van der Waals surface area contributed by atoms with E-state index in [0.717, 1.165) is 24.7 Å². The first-order valence-corrected chi connectivity index (χ1v) is 7.10. The van der Waals surface area contributed by atoms with Gasteiger partial charge in [0.15, 0.2) is 0 Å². The smallest absolute Gasteiger partial charge is 0.0690 e. The summed E-state index contributed by atoms with van der Waals surface area (Å²) < 4.78 is 1.92. The van der Waals surface area contributed by atoms with E-state index in [1.54, 1.807) is 0 Å². The number of nitrogens with one attached hydrogen (secondary N) is 1. The molecule has 3 nitrogen and oxygen atoms in total. The van der Waals surface area contributed by atoms with Crippen LogP contribution in [-0.2, 0) is 6.54 Å². The molecule has 0 amide bonds. The number of hydrogen-bond donors (Lipinski definition) is 1. The molecule has 1 heterocycles. The van der Waals surface area contributed by atoms with Crippen molar-refractivity contribution in [3.63, 3.8) is 0 Å². The van der Waals surface area contributed by atoms with Crippen LogP contribution in [0.4, 0.5) is 0 Å². The van der Waals surface area contributed by atoms with E-state index in [1.807, 2.05) is 23.1 Å². The van der Waals surface area contributed by atoms with E-state index < -0.39 is 0 Å². The predicted molar refractivity (Wildman–Crippen MR) is 79.3 cm³/mol. The number of aromatic nitrogens is 2. The van der Waals surface area contributed by atoms with Gasteiger partial charge in [-0.05, 0) is 36.6 Å². The molecule has 0 bridgehead atoms. The summed E-state index contributed by atoms with van der Waals surface area (Å²) in [5.41, 5.74) is 2.44. The maximum Gasteiger partial charge on any atom is 0.0690 e. The second kappa shape index (κ2) is 7.10. The summed E-state index contributed by atoms with van der Waals surface area (Å²) >= 11 is 0. The number of rotatable bonds is 7. The lowest BCUT2D eigenvalue weighted by Crippen LogP contribution is -2.21. The van der Waals surface area contributed by atoms with Gasteiger partial charge in [0.2, 0.25) is 0 Å². The molecule has 1 atom stereocenters. The van der Waals surface area contributed by atoms with Gasteiger partial charge >= 0.3 is 0 Å². The van der Waals surface area contributed by atoms with E-state index in [-0.39, 0.29) is 0 Å². The van der Waals surface area contributed by atoms with Gasteiger partial charge < -0.3 is 5.32 Å². The molecule has 19 heavy (non-hydrogen) atoms. The molecular formula is C16H23N3. The van der Waals surface area contributed by atoms with Crippen molar-refractivity contribution in [1.82, 2.24) is 15.1 Å². The Labute approximate surface area is 115 Å². The second-order valence-electron chi connectivity index (χ2n) is 5.10. The van der Waals surface area contributed by atoms with Crippen molar-refractivity contribution < 1.29 is 0 Å². The molecule has 2 aromatic rings. The van der Waals surface area contributed by atoms with Crippen LogP contribution >= 0.6 is 0 Å². The third-order valence-corrected chi connectivity index (χ3v) is 3.33. The molecule has 0 saturated carbocycles. The van der Waals surface area contributed by atoms with E-state index in [2.05, 4.69) is 48.5 Å². The number of nitrogens with zero attached hydrogens (tertiary/aromatic N) is 2. The van der Waals surface area contributed by atoms with Crippen LogP contribution in [0.1, 0.15) is 32.3 Å². The molecule has 0 radical (unpaired) electrons. The van der Waals surface area contributed by atoms with E-state index in [9.17, 15) is 0 Å². The Morgan fingerprint density at radius 3 is 2.84 bits per heavy atom. The third kappa shape index (κ3) is 3.93. The van der Waals surface area contributed by atoms with Gasteiger partial charge in [-0.1, -0.05) is 38.5 Å². The molecule has 2 rings (SSSR count). The van der Waals surface area contributed by atoms with Crippen LogP contribution in [0.25, 0.3) is 5.69 Å². The van der Waals surface area contributed by atoms with Gasteiger partial charge in [-0.15, -0.1) is 0 Å². The highest BCUT2D eigenvalue weighted by atomic mass is 15.3. The van der Waals surface area contributed by atoms with Crippen molar-refractivity contribution in [2.45, 2.75) is 33.2 Å². The fraction of sp³-hybridized carbons (Fsp3) is 0.438. The Bertz CT molecular complexity index is 476. The third-order valence-electron chi connectivity index (χ3n) is 3.33. The molecule has 102 valence electrons. The lowest BCUT2D eigenvalue weighted by molar-refractivity contribution is 0.475. The summed E-state index contributed by atoms with van der Waals surface area (Å²) in [5.74, 6) is 0.738. The summed E-state index contributed by atoms with van der Waals surface area (Å²) in [4.78, 5) is 0. The monoisotopic (exact) mass is 257 g/mol. The minimum atomic E-state index is 0.738. The minimum Gasteiger partial charge on any atom is -0.312 e. The fourth-order valence-electron chi connectivity index (χ4n) is 2.34. The molecule has 0 aliphatic heterocycles. The van der Waals surface area contributed by atoms with Crippen LogP contribution < -0.4 is 5.32 Å². The van der Waals surface area contributed by atoms with Crippen LogP contribution in [0.2, 0.25) is 0 Å². The quantitative estimate of drug-likeness (QED) is 0.824. The highest BCUT2D eigenvalue weighted by molar-refractivity contribution is 5.40. The standard InChI is InChI=1S/C16H23N3/c1-3-7-14(2)12-17-13-15-8-4-5-9-16(15)19-11-6-10-18-19/h4-6,8-11,14,17H,3,7,12-13H2,1-2H3. The van der Waals surface area contributed by atoms with Crippen LogP contribution in [0.3, 0.4) is 0 Å². The Balaban J connectivity index is 1.97. The largest absolute Gasteiger partial charge is 0.312 e. The number of hydrogen-bond acceptors (Lipinski definition) is 2. The Morgan fingerprint density at radius 1 is 1.26 bits per heavy atom. The van der Waals surface area contributed by atoms with Gasteiger partial charge in [0.25, 0.3) is 0 Å². The summed E-state index contributed by atoms with van der Waals surface area (Å²) in [6, 6.07) is 10.4. The normalized spacial score (nSPS) is 12.5. The first kappa shape index (κ1) is 13.8. The van der Waals surface area contributed by atoms with Gasteiger partial charge in [0.05, 0.1) is 5.69 Å². The SMILES string of the molecule is CCCC(C)CNCc1ccccc1-n1cccn1. The molecule has 0 aliphatic carbocycles. The maximum atomic E-state index is 4.31. The zero-order valence-electron chi connectivity index (χ0n) is 11.8. The average molecular weight is 257 g/mol. The van der Waals surface area contributed by atoms with Gasteiger partial charge in [0.1, 0.15) is 0 Å². The summed E-state index contributed by atoms with van der Waals surface area (Å²) in [6.45, 7) is 6.50. The average Bonchev–Trinajstić information content (AvgIpc) is 2.93. The van der Waals surface area contributed by atoms with E-state index in [4.69, 9.17) is 0 Å². The molecule has 1 aromatic carbocycles. The van der Waals surface area contributed by atoms with Gasteiger partial charge in [-0.3, -0.25) is 0 Å². The van der Waals surface area contributed by atoms with Crippen LogP contribution in [0, 0.1) is 5.92 Å². The highest BCUT2D eigenvalue weighted by Gasteiger charge is 2.05. The maximum absolute atomic E-state index is 4.31. The lowest BCUT2D eigenvalue weighted by atomic mass is 10.1. The highest BCUT2D eigenvalue weighted by Crippen LogP contribution is 2.13. The fourth-order valence-corrected chi connectivity index (χ4v) is 2.34. The lowest BCUT2D eigenvalue weighted by Gasteiger charge is -2.13. The van der Waals surface area contributed by atoms with Gasteiger partial charge in [0, 0.05) is 18.9 Å². The summed E-state index contributed by atoms with van der Waals surface area (Å²) in [5, 5.41) is 7.86. The molecule has 1 aromatic heterocycles. The molecule has 0 spiro atoms. The zero-order chi connectivity index (χ0) is 13.5. The molecule has 0 saturated heterocycles. The van der Waals surface area contributed by atoms with Crippen molar-refractivity contribution >= 4 is 0 Å². The predicted octanol–water partition coefficient (Wildman–Crippen LogP) is 3.40.